The SMILES string of the molecule is CCCCc1c(-c2ccccc2)nnc(Cl)c1CC(NCc1ccc(C(=O)O)cc1)c1ccc(OC(F)F)cc1. The molecule has 4 rings (SSSR count). The highest BCUT2D eigenvalue weighted by Crippen LogP contribution is 2.33. The van der Waals surface area contributed by atoms with Crippen molar-refractivity contribution in [2.45, 2.75) is 51.8 Å². The molecule has 0 saturated carbocycles. The summed E-state index contributed by atoms with van der Waals surface area (Å²) in [5.74, 6) is -0.919. The maximum absolute atomic E-state index is 12.7. The first kappa shape index (κ1) is 29.1. The first-order valence-electron chi connectivity index (χ1n) is 13.1. The lowest BCUT2D eigenvalue weighted by molar-refractivity contribution is -0.0498. The number of rotatable bonds is 13. The van der Waals surface area contributed by atoms with Crippen molar-refractivity contribution in [3.05, 3.63) is 112 Å². The minimum atomic E-state index is -2.91. The Balaban J connectivity index is 1.70. The van der Waals surface area contributed by atoms with Crippen LogP contribution in [0.25, 0.3) is 11.3 Å². The molecule has 0 fully saturated rings. The van der Waals surface area contributed by atoms with Gasteiger partial charge in [-0.3, -0.25) is 0 Å². The zero-order valence-corrected chi connectivity index (χ0v) is 22.7. The van der Waals surface area contributed by atoms with Gasteiger partial charge in [-0.05, 0) is 65.8 Å². The average Bonchev–Trinajstić information content (AvgIpc) is 2.96. The largest absolute Gasteiger partial charge is 0.478 e. The third-order valence-electron chi connectivity index (χ3n) is 6.63. The molecule has 0 aliphatic carbocycles. The van der Waals surface area contributed by atoms with E-state index in [1.165, 1.54) is 12.1 Å². The molecule has 0 aliphatic rings. The van der Waals surface area contributed by atoms with E-state index >= 15 is 0 Å². The number of alkyl halides is 2. The third kappa shape index (κ3) is 7.61. The summed E-state index contributed by atoms with van der Waals surface area (Å²) >= 11 is 6.69. The Morgan fingerprint density at radius 1 is 0.975 bits per heavy atom. The number of hydrogen-bond donors (Lipinski definition) is 2. The highest BCUT2D eigenvalue weighted by atomic mass is 35.5. The standard InChI is InChI=1S/C31H30ClF2N3O3/c1-2-3-9-25-26(29(32)37-36-28(25)22-7-5-4-6-8-22)18-27(21-14-16-24(17-15-21)40-31(33)34)35-19-20-10-12-23(13-11-20)30(38)39/h4-8,10-17,27,31,35H,2-3,9,18-19H2,1H3,(H,38,39). The molecule has 3 aromatic carbocycles. The van der Waals surface area contributed by atoms with E-state index in [1.54, 1.807) is 36.4 Å². The molecule has 0 aliphatic heterocycles. The summed E-state index contributed by atoms with van der Waals surface area (Å²) in [6, 6.07) is 22.7. The number of ether oxygens (including phenoxy) is 1. The van der Waals surface area contributed by atoms with Gasteiger partial charge in [0.2, 0.25) is 0 Å². The summed E-state index contributed by atoms with van der Waals surface area (Å²) < 4.78 is 30.0. The molecule has 2 N–H and O–H groups in total. The van der Waals surface area contributed by atoms with Crippen LogP contribution in [-0.4, -0.2) is 27.9 Å². The summed E-state index contributed by atoms with van der Waals surface area (Å²) in [4.78, 5) is 11.2. The van der Waals surface area contributed by atoms with E-state index in [1.807, 2.05) is 30.3 Å². The predicted octanol–water partition coefficient (Wildman–Crippen LogP) is 7.51. The zero-order chi connectivity index (χ0) is 28.5. The molecule has 1 atom stereocenters. The third-order valence-corrected chi connectivity index (χ3v) is 6.94. The first-order chi connectivity index (χ1) is 19.4. The van der Waals surface area contributed by atoms with Gasteiger partial charge in [0.05, 0.1) is 11.3 Å². The number of hydrogen-bond acceptors (Lipinski definition) is 5. The fraction of sp³-hybridized carbons (Fsp3) is 0.258. The second kappa shape index (κ2) is 14.0. The van der Waals surface area contributed by atoms with Crippen LogP contribution >= 0.6 is 11.6 Å². The molecule has 0 saturated heterocycles. The molecular formula is C31H30ClF2N3O3. The van der Waals surface area contributed by atoms with Gasteiger partial charge < -0.3 is 15.2 Å². The molecule has 4 aromatic rings. The van der Waals surface area contributed by atoms with Crippen molar-refractivity contribution in [2.24, 2.45) is 0 Å². The monoisotopic (exact) mass is 565 g/mol. The van der Waals surface area contributed by atoms with Crippen LogP contribution in [-0.2, 0) is 19.4 Å². The molecule has 9 heteroatoms. The van der Waals surface area contributed by atoms with Crippen LogP contribution in [0.2, 0.25) is 5.15 Å². The van der Waals surface area contributed by atoms with Gasteiger partial charge in [0.15, 0.2) is 5.15 Å². The van der Waals surface area contributed by atoms with Gasteiger partial charge >= 0.3 is 12.6 Å². The van der Waals surface area contributed by atoms with Gasteiger partial charge in [0.25, 0.3) is 0 Å². The molecule has 1 unspecified atom stereocenters. The molecule has 40 heavy (non-hydrogen) atoms. The van der Waals surface area contributed by atoms with Gasteiger partial charge in [-0.25, -0.2) is 4.79 Å². The number of aromatic nitrogens is 2. The molecule has 1 aromatic heterocycles. The normalized spacial score (nSPS) is 11.9. The quantitative estimate of drug-likeness (QED) is 0.174. The van der Waals surface area contributed by atoms with Crippen LogP contribution in [0.4, 0.5) is 8.78 Å². The lowest BCUT2D eigenvalue weighted by Crippen LogP contribution is -2.24. The molecule has 0 amide bonds. The van der Waals surface area contributed by atoms with Crippen LogP contribution < -0.4 is 10.1 Å². The van der Waals surface area contributed by atoms with Gasteiger partial charge in [0, 0.05) is 18.2 Å². The lowest BCUT2D eigenvalue weighted by atomic mass is 9.92. The number of carbonyl (C=O) groups is 1. The molecule has 0 spiro atoms. The molecule has 0 bridgehead atoms. The number of nitrogens with zero attached hydrogens (tertiary/aromatic N) is 2. The minimum absolute atomic E-state index is 0.0698. The smallest absolute Gasteiger partial charge is 0.387 e. The van der Waals surface area contributed by atoms with E-state index in [4.69, 9.17) is 11.6 Å². The van der Waals surface area contributed by atoms with Crippen molar-refractivity contribution in [1.82, 2.24) is 15.5 Å². The van der Waals surface area contributed by atoms with Crippen LogP contribution in [0.15, 0.2) is 78.9 Å². The van der Waals surface area contributed by atoms with E-state index < -0.39 is 12.6 Å². The van der Waals surface area contributed by atoms with Crippen molar-refractivity contribution < 1.29 is 23.4 Å². The molecular weight excluding hydrogens is 536 g/mol. The first-order valence-corrected chi connectivity index (χ1v) is 13.4. The van der Waals surface area contributed by atoms with Crippen molar-refractivity contribution in [1.29, 1.82) is 0 Å². The Morgan fingerprint density at radius 3 is 2.30 bits per heavy atom. The zero-order valence-electron chi connectivity index (χ0n) is 22.0. The number of aromatic carboxylic acids is 1. The molecule has 1 heterocycles. The summed E-state index contributed by atoms with van der Waals surface area (Å²) in [7, 11) is 0. The van der Waals surface area contributed by atoms with Crippen LogP contribution in [0, 0.1) is 0 Å². The number of halogens is 3. The van der Waals surface area contributed by atoms with Crippen molar-refractivity contribution in [2.75, 3.05) is 0 Å². The number of unbranched alkanes of at least 4 members (excludes halogenated alkanes) is 1. The predicted molar refractivity (Wildman–Crippen MR) is 151 cm³/mol. The van der Waals surface area contributed by atoms with Gasteiger partial charge in [-0.2, -0.15) is 8.78 Å². The van der Waals surface area contributed by atoms with Crippen molar-refractivity contribution in [3.63, 3.8) is 0 Å². The van der Waals surface area contributed by atoms with Gasteiger partial charge in [0.1, 0.15) is 5.75 Å². The Morgan fingerprint density at radius 2 is 1.68 bits per heavy atom. The fourth-order valence-electron chi connectivity index (χ4n) is 4.54. The maximum atomic E-state index is 12.7. The summed E-state index contributed by atoms with van der Waals surface area (Å²) in [5.41, 5.74) is 5.59. The number of benzene rings is 3. The van der Waals surface area contributed by atoms with Crippen molar-refractivity contribution >= 4 is 17.6 Å². The van der Waals surface area contributed by atoms with E-state index in [-0.39, 0.29) is 17.4 Å². The lowest BCUT2D eigenvalue weighted by Gasteiger charge is -2.23. The second-order valence-corrected chi connectivity index (χ2v) is 9.71. The van der Waals surface area contributed by atoms with Crippen molar-refractivity contribution in [3.8, 4) is 17.0 Å². The Hall–Kier alpha value is -3.88. The number of carboxylic acid groups (broad SMARTS) is 1. The van der Waals surface area contributed by atoms with Crippen LogP contribution in [0.1, 0.15) is 58.4 Å². The summed E-state index contributed by atoms with van der Waals surface area (Å²) in [6.45, 7) is -0.347. The van der Waals surface area contributed by atoms with E-state index in [2.05, 4.69) is 27.2 Å². The topological polar surface area (TPSA) is 84.3 Å². The highest BCUT2D eigenvalue weighted by Gasteiger charge is 2.22. The molecule has 0 radical (unpaired) electrons. The Kier molecular flexibility index (Phi) is 10.2. The fourth-order valence-corrected chi connectivity index (χ4v) is 4.77. The Bertz CT molecular complexity index is 1400. The summed E-state index contributed by atoms with van der Waals surface area (Å²) in [6.07, 6.45) is 3.18. The number of carboxylic acids is 1. The van der Waals surface area contributed by atoms with Crippen LogP contribution in [0.3, 0.4) is 0 Å². The summed E-state index contributed by atoms with van der Waals surface area (Å²) in [5, 5.41) is 21.8. The van der Waals surface area contributed by atoms with E-state index in [0.29, 0.717) is 18.1 Å². The average molecular weight is 566 g/mol. The Labute approximate surface area is 237 Å². The number of nitrogens with one attached hydrogen (secondary N) is 1. The van der Waals surface area contributed by atoms with Gasteiger partial charge in [-0.15, -0.1) is 10.2 Å². The molecule has 208 valence electrons. The maximum Gasteiger partial charge on any atom is 0.387 e. The highest BCUT2D eigenvalue weighted by molar-refractivity contribution is 6.30. The molecule has 6 nitrogen and oxygen atoms in total. The van der Waals surface area contributed by atoms with E-state index in [9.17, 15) is 18.7 Å². The minimum Gasteiger partial charge on any atom is -0.478 e. The van der Waals surface area contributed by atoms with Crippen LogP contribution in [0.5, 0.6) is 5.75 Å². The van der Waals surface area contributed by atoms with Gasteiger partial charge in [-0.1, -0.05) is 79.5 Å². The van der Waals surface area contributed by atoms with E-state index in [0.717, 1.165) is 52.8 Å². The second-order valence-electron chi connectivity index (χ2n) is 9.35.